The lowest BCUT2D eigenvalue weighted by molar-refractivity contribution is -0.194. The van der Waals surface area contributed by atoms with Gasteiger partial charge in [0.05, 0.1) is 0 Å². The van der Waals surface area contributed by atoms with Crippen molar-refractivity contribution in [3.63, 3.8) is 0 Å². The van der Waals surface area contributed by atoms with E-state index in [9.17, 15) is 24.9 Å². The summed E-state index contributed by atoms with van der Waals surface area (Å²) < 4.78 is 0. The molecule has 0 aliphatic rings. The number of aliphatic carboxylic acids is 2. The fraction of sp³-hybridized carbons (Fsp3) is 0.938. The molecule has 0 saturated heterocycles. The van der Waals surface area contributed by atoms with E-state index < -0.39 is 23.0 Å². The number of rotatable bonds is 28. The van der Waals surface area contributed by atoms with E-state index in [1.165, 1.54) is 51.4 Å². The molecule has 1 atom stereocenters. The smallest absolute Gasteiger partial charge is 0.336 e. The molecule has 0 bridgehead atoms. The highest BCUT2D eigenvalue weighted by atomic mass is 16.4. The van der Waals surface area contributed by atoms with E-state index in [1.54, 1.807) is 0 Å². The van der Waals surface area contributed by atoms with Gasteiger partial charge in [-0.25, -0.2) is 4.79 Å². The monoisotopic (exact) mass is 526 g/mol. The summed E-state index contributed by atoms with van der Waals surface area (Å²) in [6, 6.07) is 0. The van der Waals surface area contributed by atoms with E-state index in [4.69, 9.17) is 0 Å². The van der Waals surface area contributed by atoms with Gasteiger partial charge in [0.25, 0.3) is 0 Å². The summed E-state index contributed by atoms with van der Waals surface area (Å²) in [7, 11) is 0. The van der Waals surface area contributed by atoms with Gasteiger partial charge >= 0.3 is 11.9 Å². The maximum atomic E-state index is 12.8. The molecule has 0 radical (unpaired) electrons. The highest BCUT2D eigenvalue weighted by Crippen LogP contribution is 2.45. The molecular formula is C32H62O5. The Morgan fingerprint density at radius 2 is 0.703 bits per heavy atom. The fourth-order valence-corrected chi connectivity index (χ4v) is 5.76. The van der Waals surface area contributed by atoms with Crippen molar-refractivity contribution in [2.75, 3.05) is 0 Å². The molecule has 0 rings (SSSR count). The van der Waals surface area contributed by atoms with E-state index in [1.807, 2.05) is 0 Å². The fourth-order valence-electron chi connectivity index (χ4n) is 5.76. The lowest BCUT2D eigenvalue weighted by Crippen LogP contribution is -2.58. The summed E-state index contributed by atoms with van der Waals surface area (Å²) in [6.07, 6.45) is 23.6. The summed E-state index contributed by atoms with van der Waals surface area (Å²) in [5, 5.41) is 32.2. The van der Waals surface area contributed by atoms with Crippen molar-refractivity contribution in [3.05, 3.63) is 0 Å². The first-order valence-electron chi connectivity index (χ1n) is 16.0. The van der Waals surface area contributed by atoms with Crippen LogP contribution in [0.2, 0.25) is 0 Å². The van der Waals surface area contributed by atoms with Crippen LogP contribution in [-0.2, 0) is 9.59 Å². The minimum atomic E-state index is -2.22. The van der Waals surface area contributed by atoms with Crippen LogP contribution in [0.4, 0.5) is 0 Å². The van der Waals surface area contributed by atoms with Gasteiger partial charge in [-0.05, 0) is 25.7 Å². The minimum absolute atomic E-state index is 0.0246. The van der Waals surface area contributed by atoms with Crippen LogP contribution in [0.1, 0.15) is 181 Å². The summed E-state index contributed by atoms with van der Waals surface area (Å²) in [6.45, 7) is 6.55. The third-order valence-electron chi connectivity index (χ3n) is 8.36. The Morgan fingerprint density at radius 1 is 0.432 bits per heavy atom. The molecule has 1 unspecified atom stereocenters. The molecule has 37 heavy (non-hydrogen) atoms. The molecule has 0 amide bonds. The number of unbranched alkanes of at least 4 members (excludes halogenated alkanes) is 19. The van der Waals surface area contributed by atoms with Crippen molar-refractivity contribution in [3.8, 4) is 0 Å². The summed E-state index contributed by atoms with van der Waals surface area (Å²) >= 11 is 0. The lowest BCUT2D eigenvalue weighted by Gasteiger charge is -2.42. The van der Waals surface area contributed by atoms with Gasteiger partial charge in [0.15, 0.2) is 5.60 Å². The van der Waals surface area contributed by atoms with Crippen molar-refractivity contribution in [1.29, 1.82) is 0 Å². The number of hydrogen-bond acceptors (Lipinski definition) is 3. The Labute approximate surface area is 229 Å². The summed E-state index contributed by atoms with van der Waals surface area (Å²) in [5.41, 5.74) is -3.83. The third kappa shape index (κ3) is 14.6. The van der Waals surface area contributed by atoms with Crippen LogP contribution >= 0.6 is 0 Å². The van der Waals surface area contributed by atoms with Crippen molar-refractivity contribution < 1.29 is 24.9 Å². The average Bonchev–Trinajstić information content (AvgIpc) is 2.87. The number of aliphatic hydroxyl groups is 1. The molecular weight excluding hydrogens is 464 g/mol. The van der Waals surface area contributed by atoms with Crippen LogP contribution < -0.4 is 0 Å². The first-order chi connectivity index (χ1) is 17.8. The molecule has 5 heteroatoms. The quantitative estimate of drug-likeness (QED) is 0.0882. The third-order valence-corrected chi connectivity index (χ3v) is 8.36. The molecule has 0 saturated carbocycles. The van der Waals surface area contributed by atoms with Crippen molar-refractivity contribution in [2.24, 2.45) is 5.41 Å². The molecule has 0 aromatic heterocycles. The predicted molar refractivity (Wildman–Crippen MR) is 155 cm³/mol. The van der Waals surface area contributed by atoms with Crippen LogP contribution in [0.15, 0.2) is 0 Å². The van der Waals surface area contributed by atoms with E-state index >= 15 is 0 Å². The second-order valence-electron chi connectivity index (χ2n) is 11.5. The van der Waals surface area contributed by atoms with Crippen molar-refractivity contribution in [2.45, 2.75) is 187 Å². The predicted octanol–water partition coefficient (Wildman–Crippen LogP) is 9.69. The van der Waals surface area contributed by atoms with Gasteiger partial charge in [0.2, 0.25) is 0 Å². The molecule has 3 N–H and O–H groups in total. The van der Waals surface area contributed by atoms with Crippen molar-refractivity contribution in [1.82, 2.24) is 0 Å². The summed E-state index contributed by atoms with van der Waals surface area (Å²) in [5.74, 6) is -2.49. The first kappa shape index (κ1) is 35.9. The standard InChI is InChI=1S/C32H62O5/c1-4-7-10-13-16-17-18-19-22-25-28-32(37,30(35)36)31(29(33)34,26-23-20-14-11-8-5-2)27-24-21-15-12-9-6-3/h37H,4-28H2,1-3H3,(H,33,34)(H,35,36). The average molecular weight is 527 g/mol. The van der Waals surface area contributed by atoms with Gasteiger partial charge in [0.1, 0.15) is 5.41 Å². The number of carboxylic acids is 2. The van der Waals surface area contributed by atoms with E-state index in [0.29, 0.717) is 19.3 Å². The van der Waals surface area contributed by atoms with Gasteiger partial charge in [-0.15, -0.1) is 0 Å². The Bertz CT molecular complexity index is 545. The molecule has 0 aromatic rings. The topological polar surface area (TPSA) is 94.8 Å². The highest BCUT2D eigenvalue weighted by molar-refractivity contribution is 5.88. The largest absolute Gasteiger partial charge is 0.481 e. The van der Waals surface area contributed by atoms with Crippen LogP contribution in [0.25, 0.3) is 0 Å². The molecule has 0 spiro atoms. The Morgan fingerprint density at radius 3 is 0.973 bits per heavy atom. The van der Waals surface area contributed by atoms with Gasteiger partial charge in [-0.2, -0.15) is 0 Å². The number of carbonyl (C=O) groups is 2. The maximum absolute atomic E-state index is 12.8. The van der Waals surface area contributed by atoms with E-state index in [-0.39, 0.29) is 19.3 Å². The van der Waals surface area contributed by atoms with Crippen LogP contribution in [0.5, 0.6) is 0 Å². The number of hydrogen-bond donors (Lipinski definition) is 3. The second kappa shape index (κ2) is 22.8. The summed E-state index contributed by atoms with van der Waals surface area (Å²) in [4.78, 5) is 25.3. The second-order valence-corrected chi connectivity index (χ2v) is 11.5. The zero-order valence-corrected chi connectivity index (χ0v) is 24.8. The number of carboxylic acid groups (broad SMARTS) is 2. The minimum Gasteiger partial charge on any atom is -0.481 e. The molecule has 5 nitrogen and oxygen atoms in total. The first-order valence-corrected chi connectivity index (χ1v) is 16.0. The molecule has 0 aliphatic heterocycles. The maximum Gasteiger partial charge on any atom is 0.336 e. The molecule has 0 aromatic carbocycles. The lowest BCUT2D eigenvalue weighted by atomic mass is 9.63. The Hall–Kier alpha value is -1.10. The van der Waals surface area contributed by atoms with Gasteiger partial charge in [-0.1, -0.05) is 156 Å². The molecule has 0 heterocycles. The molecule has 0 aliphatic carbocycles. The Balaban J connectivity index is 5.15. The highest BCUT2D eigenvalue weighted by Gasteiger charge is 2.59. The van der Waals surface area contributed by atoms with Crippen molar-refractivity contribution >= 4 is 11.9 Å². The normalized spacial score (nSPS) is 13.5. The van der Waals surface area contributed by atoms with E-state index in [2.05, 4.69) is 20.8 Å². The van der Waals surface area contributed by atoms with E-state index in [0.717, 1.165) is 70.6 Å². The zero-order chi connectivity index (χ0) is 27.8. The van der Waals surface area contributed by atoms with Crippen LogP contribution in [0, 0.1) is 5.41 Å². The van der Waals surface area contributed by atoms with Gasteiger partial charge in [-0.3, -0.25) is 4.79 Å². The SMILES string of the molecule is CCCCCCCCCCCCC(O)(C(=O)O)C(CCCCCCCC)(CCCCCCCC)C(=O)O. The molecule has 220 valence electrons. The van der Waals surface area contributed by atoms with Gasteiger partial charge < -0.3 is 15.3 Å². The van der Waals surface area contributed by atoms with Gasteiger partial charge in [0, 0.05) is 0 Å². The van der Waals surface area contributed by atoms with Crippen LogP contribution in [0.3, 0.4) is 0 Å². The Kier molecular flexibility index (Phi) is 22.2. The molecule has 0 fully saturated rings. The van der Waals surface area contributed by atoms with Crippen LogP contribution in [-0.4, -0.2) is 32.9 Å². The zero-order valence-electron chi connectivity index (χ0n) is 24.8.